The second kappa shape index (κ2) is 23.6. The molecule has 61 heavy (non-hydrogen) atoms. The molecule has 0 saturated heterocycles. The summed E-state index contributed by atoms with van der Waals surface area (Å²) in [5.41, 5.74) is 5.19. The molecule has 13 nitrogen and oxygen atoms in total. The van der Waals surface area contributed by atoms with Crippen LogP contribution < -0.4 is 26.2 Å². The molecule has 5 rings (SSSR count). The van der Waals surface area contributed by atoms with E-state index in [1.807, 2.05) is 0 Å². The largest absolute Gasteiger partial charge is 0.507 e. The summed E-state index contributed by atoms with van der Waals surface area (Å²) in [6.07, 6.45) is 0. The van der Waals surface area contributed by atoms with E-state index in [0.717, 1.165) is 6.07 Å². The molecule has 0 heterocycles. The lowest BCUT2D eigenvalue weighted by molar-refractivity contribution is -0.385. The molecule has 5 aromatic carbocycles. The van der Waals surface area contributed by atoms with E-state index in [-0.39, 0.29) is 38.3 Å². The van der Waals surface area contributed by atoms with Gasteiger partial charge in [0.2, 0.25) is 13.1 Å². The Morgan fingerprint density at radius 3 is 1.38 bits per heavy atom. The Hall–Kier alpha value is -3.04. The van der Waals surface area contributed by atoms with Crippen LogP contribution >= 0.6 is 98.4 Å². The Labute approximate surface area is 384 Å². The van der Waals surface area contributed by atoms with Crippen molar-refractivity contribution in [2.45, 2.75) is 0 Å². The monoisotopic (exact) mass is 1040 g/mol. The Balaban J connectivity index is 0.000000384. The third kappa shape index (κ3) is 19.9. The van der Waals surface area contributed by atoms with Gasteiger partial charge in [0.15, 0.2) is 0 Å². The molecule has 0 aromatic heterocycles. The maximum absolute atomic E-state index is 11.7. The SMILES string of the molecule is CP(C)(=O)Oc1ccc(Cl)cc1Cl.CP(C)(=O)c1cc(Cl)cc([N+](=O)[O-])c1O.CP(C)(=O)c1cc(Cl)ccc1O.CP(C)(=O)c1cccc(N)c1O.Oc1ccc(Cl)cc1Cl. The van der Waals surface area contributed by atoms with Crippen LogP contribution in [0.25, 0.3) is 0 Å². The minimum atomic E-state index is -2.79. The number of nitrogen functional groups attached to an aromatic ring is 1. The van der Waals surface area contributed by atoms with Crippen molar-refractivity contribution in [3.63, 3.8) is 0 Å². The van der Waals surface area contributed by atoms with Crippen LogP contribution in [0.15, 0.2) is 84.9 Å². The van der Waals surface area contributed by atoms with Gasteiger partial charge in [0.05, 0.1) is 36.6 Å². The Morgan fingerprint density at radius 1 is 0.541 bits per heavy atom. The predicted molar refractivity (Wildman–Crippen MR) is 257 cm³/mol. The number of nitro benzene ring substituents is 1. The summed E-state index contributed by atoms with van der Waals surface area (Å²) in [6.45, 7) is 12.2. The number of phenolic OH excluding ortho intramolecular Hbond substituents is 4. The standard InChI is InChI=1S/C8H9Cl2O2P.C8H9ClNO4P.C8H10ClO2P.C8H12NO2P.C6H4Cl2O/c1-13(2,11)12-8-4-3-6(9)5-7(8)10;1-15(2,14)7-4-5(9)3-6(8(7)11)10(12)13;1-12(2,11)8-5-6(9)3-4-7(8)10;1-12(2,11)7-5-3-4-6(9)8(7)10;7-4-1-2-6(9)5(8)3-4/h3-5H,1-2H3;3-4,11H,1-2H3;3-5,10H,1-2H3;3-5,10H,9H2,1-2H3;1-3,9H. The molecule has 0 spiro atoms. The molecule has 5 aromatic rings. The van der Waals surface area contributed by atoms with Gasteiger partial charge in [-0.25, -0.2) is 0 Å². The first kappa shape index (κ1) is 56.0. The fraction of sp³-hybridized carbons (Fsp3) is 0.211. The minimum absolute atomic E-state index is 0.0294. The van der Waals surface area contributed by atoms with Gasteiger partial charge in [0, 0.05) is 39.5 Å². The molecule has 0 amide bonds. The van der Waals surface area contributed by atoms with Crippen LogP contribution in [0.2, 0.25) is 30.1 Å². The van der Waals surface area contributed by atoms with Gasteiger partial charge in [-0.15, -0.1) is 0 Å². The average molecular weight is 1040 g/mol. The van der Waals surface area contributed by atoms with Crippen LogP contribution in [0.3, 0.4) is 0 Å². The Morgan fingerprint density at radius 2 is 0.984 bits per heavy atom. The van der Waals surface area contributed by atoms with Crippen LogP contribution in [-0.4, -0.2) is 78.7 Å². The van der Waals surface area contributed by atoms with Gasteiger partial charge >= 0.3 is 5.69 Å². The third-order valence-electron chi connectivity index (χ3n) is 7.08. The van der Waals surface area contributed by atoms with E-state index in [9.17, 15) is 43.7 Å². The van der Waals surface area contributed by atoms with Gasteiger partial charge in [-0.3, -0.25) is 14.7 Å². The van der Waals surface area contributed by atoms with E-state index >= 15 is 0 Å². The number of para-hydroxylation sites is 1. The van der Waals surface area contributed by atoms with E-state index < -0.39 is 45.2 Å². The highest BCUT2D eigenvalue weighted by Crippen LogP contribution is 2.44. The molecule has 0 unspecified atom stereocenters. The molecule has 0 bridgehead atoms. The first-order chi connectivity index (χ1) is 27.6. The number of nitro groups is 1. The second-order valence-corrected chi connectivity index (χ2v) is 28.8. The minimum Gasteiger partial charge on any atom is -0.507 e. The van der Waals surface area contributed by atoms with E-state index in [1.165, 1.54) is 57.0 Å². The number of nitrogens with zero attached hydrogens (tertiary/aromatic N) is 1. The van der Waals surface area contributed by atoms with E-state index in [4.69, 9.17) is 85.0 Å². The number of rotatable bonds is 6. The number of anilines is 1. The average Bonchev–Trinajstić information content (AvgIpc) is 3.10. The van der Waals surface area contributed by atoms with Gasteiger partial charge in [0.25, 0.3) is 0 Å². The van der Waals surface area contributed by atoms with Crippen molar-refractivity contribution >= 4 is 126 Å². The third-order valence-corrected chi connectivity index (χ3v) is 13.8. The molecule has 0 radical (unpaired) electrons. The van der Waals surface area contributed by atoms with Crippen LogP contribution in [0.4, 0.5) is 11.4 Å². The summed E-state index contributed by atoms with van der Waals surface area (Å²) in [7, 11) is -10.2. The van der Waals surface area contributed by atoms with Crippen molar-refractivity contribution in [2.75, 3.05) is 59.1 Å². The van der Waals surface area contributed by atoms with E-state index in [1.54, 1.807) is 75.2 Å². The summed E-state index contributed by atoms with van der Waals surface area (Å²) in [5, 5.41) is 50.9. The number of hydrogen-bond donors (Lipinski definition) is 5. The number of nitrogens with two attached hydrogens (primary N) is 1. The molecular weight excluding hydrogens is 997 g/mol. The maximum atomic E-state index is 11.7. The summed E-state index contributed by atoms with van der Waals surface area (Å²) in [4.78, 5) is 9.79. The maximum Gasteiger partial charge on any atom is 0.312 e. The molecular formula is C38H44Cl6N2O11P4. The normalized spacial score (nSPS) is 11.2. The summed E-state index contributed by atoms with van der Waals surface area (Å²) < 4.78 is 51.3. The second-order valence-electron chi connectivity index (χ2n) is 14.0. The number of benzene rings is 5. The van der Waals surface area contributed by atoms with Crippen molar-refractivity contribution in [1.29, 1.82) is 0 Å². The van der Waals surface area contributed by atoms with Crippen molar-refractivity contribution in [3.8, 4) is 28.7 Å². The lowest BCUT2D eigenvalue weighted by atomic mass is 10.3. The zero-order chi connectivity index (χ0) is 47.4. The van der Waals surface area contributed by atoms with Crippen LogP contribution in [0.5, 0.6) is 28.7 Å². The van der Waals surface area contributed by atoms with Crippen molar-refractivity contribution < 1.29 is 48.1 Å². The Kier molecular flexibility index (Phi) is 21.6. The Bertz CT molecular complexity index is 2520. The highest BCUT2D eigenvalue weighted by Gasteiger charge is 2.25. The molecule has 0 aliphatic heterocycles. The fourth-order valence-electron chi connectivity index (χ4n) is 4.30. The fourth-order valence-corrected chi connectivity index (χ4v) is 9.61. The topological polar surface area (TPSA) is 228 Å². The molecule has 0 aliphatic carbocycles. The smallest absolute Gasteiger partial charge is 0.312 e. The molecule has 6 N–H and O–H groups in total. The highest BCUT2D eigenvalue weighted by molar-refractivity contribution is 7.71. The molecule has 0 fully saturated rings. The number of hydrogen-bond acceptors (Lipinski definition) is 12. The lowest BCUT2D eigenvalue weighted by Gasteiger charge is -2.11. The lowest BCUT2D eigenvalue weighted by Crippen LogP contribution is -2.06. The van der Waals surface area contributed by atoms with Crippen LogP contribution in [0, 0.1) is 10.1 Å². The van der Waals surface area contributed by atoms with Gasteiger partial charge in [-0.1, -0.05) is 75.7 Å². The zero-order valence-electron chi connectivity index (χ0n) is 33.8. The summed E-state index contributed by atoms with van der Waals surface area (Å²) >= 11 is 33.8. The van der Waals surface area contributed by atoms with E-state index in [0.29, 0.717) is 36.4 Å². The molecule has 0 atom stereocenters. The first-order valence-corrected chi connectivity index (χ1v) is 29.5. The van der Waals surface area contributed by atoms with Gasteiger partial charge in [-0.2, -0.15) is 0 Å². The van der Waals surface area contributed by atoms with Gasteiger partial charge in [-0.05, 0) is 113 Å². The van der Waals surface area contributed by atoms with Gasteiger partial charge in [0.1, 0.15) is 44.4 Å². The highest BCUT2D eigenvalue weighted by atomic mass is 35.5. The number of phenols is 4. The summed E-state index contributed by atoms with van der Waals surface area (Å²) in [5.74, 6) is -0.114. The predicted octanol–water partition coefficient (Wildman–Crippen LogP) is 12.3. The first-order valence-electron chi connectivity index (χ1n) is 16.9. The van der Waals surface area contributed by atoms with Crippen molar-refractivity contribution in [1.82, 2.24) is 0 Å². The van der Waals surface area contributed by atoms with E-state index in [2.05, 4.69) is 0 Å². The molecule has 334 valence electrons. The zero-order valence-corrected chi connectivity index (χ0v) is 41.9. The number of aromatic hydroxyl groups is 4. The molecule has 0 saturated carbocycles. The van der Waals surface area contributed by atoms with Crippen molar-refractivity contribution in [2.24, 2.45) is 0 Å². The summed E-state index contributed by atoms with van der Waals surface area (Å²) in [6, 6.07) is 21.1. The van der Waals surface area contributed by atoms with Crippen molar-refractivity contribution in [3.05, 3.63) is 125 Å². The quantitative estimate of drug-likeness (QED) is 0.0352. The number of halogens is 6. The molecule has 23 heteroatoms. The van der Waals surface area contributed by atoms with Crippen LogP contribution in [0.1, 0.15) is 0 Å². The van der Waals surface area contributed by atoms with Gasteiger partial charge < -0.3 is 44.4 Å². The molecule has 0 aliphatic rings. The van der Waals surface area contributed by atoms with Crippen LogP contribution in [-0.2, 0) is 18.3 Å².